The van der Waals surface area contributed by atoms with E-state index in [1.807, 2.05) is 13.8 Å². The van der Waals surface area contributed by atoms with Gasteiger partial charge in [0.05, 0.1) is 5.69 Å². The molecule has 1 aromatic heterocycles. The summed E-state index contributed by atoms with van der Waals surface area (Å²) < 4.78 is 14.6. The van der Waals surface area contributed by atoms with Gasteiger partial charge < -0.3 is 15.6 Å². The largest absolute Gasteiger partial charge is 0.396 e. The van der Waals surface area contributed by atoms with Crippen molar-refractivity contribution in [1.82, 2.24) is 4.57 Å². The third kappa shape index (κ3) is 3.49. The highest BCUT2D eigenvalue weighted by molar-refractivity contribution is 7.09. The molecule has 0 aliphatic carbocycles. The number of hydrogen-bond acceptors (Lipinski definition) is 4. The van der Waals surface area contributed by atoms with E-state index in [4.69, 9.17) is 5.73 Å². The van der Waals surface area contributed by atoms with Crippen molar-refractivity contribution in [1.29, 1.82) is 0 Å². The highest BCUT2D eigenvalue weighted by atomic mass is 32.1. The smallest absolute Gasteiger partial charge is 0.307 e. The molecule has 0 fully saturated rings. The first-order valence-electron chi connectivity index (χ1n) is 6.40. The number of nitrogen functional groups attached to an aromatic ring is 1. The summed E-state index contributed by atoms with van der Waals surface area (Å²) in [4.78, 5) is 24.4. The van der Waals surface area contributed by atoms with E-state index in [0.717, 1.165) is 10.6 Å². The quantitative estimate of drug-likeness (QED) is 0.851. The molecule has 0 spiro atoms. The number of rotatable bonds is 4. The molecule has 1 heterocycles. The topological polar surface area (TPSA) is 77.1 Å². The van der Waals surface area contributed by atoms with Crippen LogP contribution in [0.15, 0.2) is 23.0 Å². The number of nitrogens with two attached hydrogens (primary N) is 1. The van der Waals surface area contributed by atoms with Crippen molar-refractivity contribution in [2.45, 2.75) is 26.8 Å². The predicted octanol–water partition coefficient (Wildman–Crippen LogP) is 2.28. The van der Waals surface area contributed by atoms with E-state index in [0.29, 0.717) is 12.2 Å². The van der Waals surface area contributed by atoms with E-state index in [1.165, 1.54) is 29.5 Å². The summed E-state index contributed by atoms with van der Waals surface area (Å²) in [5.41, 5.74) is 6.73. The summed E-state index contributed by atoms with van der Waals surface area (Å²) in [6.07, 6.45) is 0.161. The fourth-order valence-electron chi connectivity index (χ4n) is 1.90. The molecule has 0 saturated carbocycles. The van der Waals surface area contributed by atoms with Gasteiger partial charge in [0.2, 0.25) is 5.91 Å². The molecule has 0 aliphatic heterocycles. The monoisotopic (exact) mass is 309 g/mol. The van der Waals surface area contributed by atoms with Crippen molar-refractivity contribution in [3.05, 3.63) is 44.3 Å². The van der Waals surface area contributed by atoms with E-state index in [2.05, 4.69) is 5.32 Å². The Morgan fingerprint density at radius 1 is 1.43 bits per heavy atom. The van der Waals surface area contributed by atoms with Crippen molar-refractivity contribution in [3.63, 3.8) is 0 Å². The molecule has 2 rings (SSSR count). The Balaban J connectivity index is 1.99. The fourth-order valence-corrected chi connectivity index (χ4v) is 2.76. The lowest BCUT2D eigenvalue weighted by molar-refractivity contribution is -0.116. The van der Waals surface area contributed by atoms with Gasteiger partial charge in [-0.25, -0.2) is 4.39 Å². The zero-order chi connectivity index (χ0) is 15.6. The minimum Gasteiger partial charge on any atom is -0.396 e. The van der Waals surface area contributed by atoms with E-state index in [9.17, 15) is 14.0 Å². The highest BCUT2D eigenvalue weighted by Gasteiger charge is 2.10. The first kappa shape index (κ1) is 15.2. The Labute approximate surface area is 125 Å². The van der Waals surface area contributed by atoms with Gasteiger partial charge in [0.1, 0.15) is 5.82 Å². The minimum atomic E-state index is -0.524. The van der Waals surface area contributed by atoms with Crippen LogP contribution in [0.1, 0.15) is 17.0 Å². The second-order valence-electron chi connectivity index (χ2n) is 4.70. The predicted molar refractivity (Wildman–Crippen MR) is 82.1 cm³/mol. The number of carbonyl (C=O) groups excluding carboxylic acids is 1. The zero-order valence-electron chi connectivity index (χ0n) is 11.8. The molecule has 5 nitrogen and oxygen atoms in total. The highest BCUT2D eigenvalue weighted by Crippen LogP contribution is 2.16. The lowest BCUT2D eigenvalue weighted by Crippen LogP contribution is -2.20. The number of aryl methyl sites for hydroxylation is 1. The maximum Gasteiger partial charge on any atom is 0.307 e. The Bertz CT molecular complexity index is 736. The number of thiazole rings is 1. The first-order chi connectivity index (χ1) is 9.88. The lowest BCUT2D eigenvalue weighted by Gasteiger charge is -2.08. The van der Waals surface area contributed by atoms with Gasteiger partial charge in [0.15, 0.2) is 0 Å². The lowest BCUT2D eigenvalue weighted by atomic mass is 10.2. The van der Waals surface area contributed by atoms with Crippen molar-refractivity contribution in [3.8, 4) is 0 Å². The molecular weight excluding hydrogens is 293 g/mol. The molecule has 0 radical (unpaired) electrons. The van der Waals surface area contributed by atoms with Crippen molar-refractivity contribution in [2.75, 3.05) is 11.1 Å². The van der Waals surface area contributed by atoms with Crippen LogP contribution in [0.3, 0.4) is 0 Å². The second kappa shape index (κ2) is 6.09. The fraction of sp³-hybridized carbons (Fsp3) is 0.286. The van der Waals surface area contributed by atoms with E-state index in [1.54, 1.807) is 4.57 Å². The molecule has 21 heavy (non-hydrogen) atoms. The average molecular weight is 309 g/mol. The summed E-state index contributed by atoms with van der Waals surface area (Å²) in [5.74, 6) is -0.778. The zero-order valence-corrected chi connectivity index (χ0v) is 12.6. The molecule has 0 bridgehead atoms. The van der Waals surface area contributed by atoms with Gasteiger partial charge in [-0.3, -0.25) is 9.59 Å². The molecule has 2 aromatic rings. The molecule has 1 aromatic carbocycles. The van der Waals surface area contributed by atoms with Gasteiger partial charge in [0, 0.05) is 29.2 Å². The van der Waals surface area contributed by atoms with Crippen molar-refractivity contribution >= 4 is 28.6 Å². The Kier molecular flexibility index (Phi) is 4.42. The maximum absolute atomic E-state index is 13.0. The third-order valence-electron chi connectivity index (χ3n) is 3.22. The number of nitrogens with one attached hydrogen (secondary N) is 1. The molecule has 0 atom stereocenters. The van der Waals surface area contributed by atoms with Crippen LogP contribution < -0.4 is 15.9 Å². The SMILES string of the molecule is Cc1sc(=O)n(CCC(=O)Nc2ccc(F)c(N)c2)c1C. The standard InChI is InChI=1S/C14H16FN3O2S/c1-8-9(2)21-14(20)18(8)6-5-13(19)17-10-3-4-11(15)12(16)7-10/h3-4,7H,5-6,16H2,1-2H3,(H,17,19). The second-order valence-corrected chi connectivity index (χ2v) is 5.86. The van der Waals surface area contributed by atoms with Crippen LogP contribution in [0.25, 0.3) is 0 Å². The number of nitrogens with zero attached hydrogens (tertiary/aromatic N) is 1. The van der Waals surface area contributed by atoms with Crippen LogP contribution in [0, 0.1) is 19.7 Å². The van der Waals surface area contributed by atoms with Gasteiger partial charge in [-0.2, -0.15) is 0 Å². The molecule has 0 saturated heterocycles. The number of amides is 1. The number of hydrogen-bond donors (Lipinski definition) is 2. The van der Waals surface area contributed by atoms with Crippen LogP contribution in [0.4, 0.5) is 15.8 Å². The van der Waals surface area contributed by atoms with Crippen LogP contribution in [0.2, 0.25) is 0 Å². The molecule has 7 heteroatoms. The van der Waals surface area contributed by atoms with E-state index in [-0.39, 0.29) is 22.9 Å². The number of carbonyl (C=O) groups is 1. The first-order valence-corrected chi connectivity index (χ1v) is 7.22. The van der Waals surface area contributed by atoms with E-state index < -0.39 is 5.82 Å². The number of benzene rings is 1. The number of anilines is 2. The number of aromatic nitrogens is 1. The molecule has 0 aliphatic rings. The summed E-state index contributed by atoms with van der Waals surface area (Å²) in [6, 6.07) is 4.00. The molecular formula is C14H16FN3O2S. The third-order valence-corrected chi connectivity index (χ3v) is 4.21. The van der Waals surface area contributed by atoms with Gasteiger partial charge in [-0.15, -0.1) is 0 Å². The van der Waals surface area contributed by atoms with Gasteiger partial charge >= 0.3 is 4.87 Å². The van der Waals surface area contributed by atoms with Crippen molar-refractivity contribution < 1.29 is 9.18 Å². The Morgan fingerprint density at radius 2 is 2.14 bits per heavy atom. The summed E-state index contributed by atoms with van der Waals surface area (Å²) >= 11 is 1.17. The van der Waals surface area contributed by atoms with Crippen LogP contribution in [0.5, 0.6) is 0 Å². The average Bonchev–Trinajstić information content (AvgIpc) is 2.66. The van der Waals surface area contributed by atoms with Gasteiger partial charge in [-0.1, -0.05) is 11.3 Å². The van der Waals surface area contributed by atoms with Gasteiger partial charge in [-0.05, 0) is 32.0 Å². The summed E-state index contributed by atoms with van der Waals surface area (Å²) in [7, 11) is 0. The maximum atomic E-state index is 13.0. The van der Waals surface area contributed by atoms with E-state index >= 15 is 0 Å². The van der Waals surface area contributed by atoms with Crippen LogP contribution in [-0.2, 0) is 11.3 Å². The van der Waals surface area contributed by atoms with Crippen LogP contribution in [-0.4, -0.2) is 10.5 Å². The minimum absolute atomic E-state index is 0.0201. The molecule has 0 unspecified atom stereocenters. The molecule has 112 valence electrons. The summed E-state index contributed by atoms with van der Waals surface area (Å²) in [5, 5.41) is 2.63. The normalized spacial score (nSPS) is 10.6. The Hall–Kier alpha value is -2.15. The van der Waals surface area contributed by atoms with Crippen molar-refractivity contribution in [2.24, 2.45) is 0 Å². The molecule has 3 N–H and O–H groups in total. The van der Waals surface area contributed by atoms with Crippen LogP contribution >= 0.6 is 11.3 Å². The number of halogens is 1. The van der Waals surface area contributed by atoms with Gasteiger partial charge in [0.25, 0.3) is 0 Å². The summed E-state index contributed by atoms with van der Waals surface area (Å²) in [6.45, 7) is 4.04. The molecule has 1 amide bonds. The Morgan fingerprint density at radius 3 is 2.71 bits per heavy atom.